The van der Waals surface area contributed by atoms with Crippen molar-refractivity contribution >= 4 is 16.8 Å². The average molecular weight is 436 g/mol. The maximum Gasteiger partial charge on any atom is 0.435 e. The number of benzene rings is 2. The molecule has 9 heteroatoms. The largest absolute Gasteiger partial charge is 0.465 e. The first-order valence-electron chi connectivity index (χ1n) is 9.04. The zero-order valence-electron chi connectivity index (χ0n) is 16.3. The fourth-order valence-corrected chi connectivity index (χ4v) is 3.49. The van der Waals surface area contributed by atoms with E-state index in [1.54, 1.807) is 55.6 Å². The van der Waals surface area contributed by atoms with Gasteiger partial charge in [-0.2, -0.15) is 18.3 Å². The molecule has 3 aromatic rings. The van der Waals surface area contributed by atoms with Crippen molar-refractivity contribution in [2.75, 3.05) is 12.9 Å². The van der Waals surface area contributed by atoms with Crippen LogP contribution in [0.5, 0.6) is 0 Å². The smallest absolute Gasteiger partial charge is 0.435 e. The number of nitrogens with zero attached hydrogens (tertiary/aromatic N) is 2. The molecule has 1 heterocycles. The molecule has 0 amide bonds. The van der Waals surface area contributed by atoms with E-state index in [-0.39, 0.29) is 12.3 Å². The lowest BCUT2D eigenvalue weighted by molar-refractivity contribution is -0.146. The standard InChI is InChI=1S/C21H19F3N2O3S/c1-3-29-20(27)13-26-18(12-19(25-26)21(22,23)24)15-9-7-14(8-10-15)16-5-4-6-17(11-16)30(2)28/h4-12H,3,13H2,1-2H3. The summed E-state index contributed by atoms with van der Waals surface area (Å²) in [5, 5.41) is 3.55. The van der Waals surface area contributed by atoms with Crippen LogP contribution in [-0.2, 0) is 33.1 Å². The second kappa shape index (κ2) is 8.83. The lowest BCUT2D eigenvalue weighted by atomic mass is 10.0. The van der Waals surface area contributed by atoms with Crippen LogP contribution in [0.1, 0.15) is 12.6 Å². The van der Waals surface area contributed by atoms with Crippen LogP contribution in [0.25, 0.3) is 22.4 Å². The van der Waals surface area contributed by atoms with Crippen LogP contribution in [0.3, 0.4) is 0 Å². The van der Waals surface area contributed by atoms with Gasteiger partial charge >= 0.3 is 12.1 Å². The Balaban J connectivity index is 1.97. The summed E-state index contributed by atoms with van der Waals surface area (Å²) in [5.41, 5.74) is 1.21. The Labute approximate surface area is 173 Å². The minimum absolute atomic E-state index is 0.123. The van der Waals surface area contributed by atoms with Gasteiger partial charge in [-0.15, -0.1) is 0 Å². The third kappa shape index (κ3) is 4.96. The van der Waals surface area contributed by atoms with Crippen LogP contribution >= 0.6 is 0 Å². The Bertz CT molecular complexity index is 1080. The number of carbonyl (C=O) groups is 1. The molecular formula is C21H19F3N2O3S. The molecule has 0 aliphatic carbocycles. The zero-order valence-corrected chi connectivity index (χ0v) is 17.1. The van der Waals surface area contributed by atoms with Crippen molar-refractivity contribution in [2.45, 2.75) is 24.5 Å². The molecule has 0 bridgehead atoms. The Morgan fingerprint density at radius 3 is 2.33 bits per heavy atom. The number of aromatic nitrogens is 2. The Kier molecular flexibility index (Phi) is 6.40. The molecule has 1 aromatic heterocycles. The van der Waals surface area contributed by atoms with Crippen molar-refractivity contribution in [2.24, 2.45) is 0 Å². The average Bonchev–Trinajstić information content (AvgIpc) is 3.12. The van der Waals surface area contributed by atoms with Gasteiger partial charge in [-0.05, 0) is 41.8 Å². The molecule has 0 aliphatic rings. The molecule has 0 fully saturated rings. The number of hydrogen-bond acceptors (Lipinski definition) is 4. The number of alkyl halides is 3. The number of halogens is 3. The van der Waals surface area contributed by atoms with Gasteiger partial charge in [0, 0.05) is 22.0 Å². The van der Waals surface area contributed by atoms with E-state index in [2.05, 4.69) is 5.10 Å². The SMILES string of the molecule is CCOC(=O)Cn1nc(C(F)(F)F)cc1-c1ccc(-c2cccc(S(C)=O)c2)cc1. The van der Waals surface area contributed by atoms with Gasteiger partial charge in [-0.1, -0.05) is 36.4 Å². The van der Waals surface area contributed by atoms with Crippen molar-refractivity contribution < 1.29 is 26.9 Å². The molecule has 3 rings (SSSR count). The molecule has 0 radical (unpaired) electrons. The topological polar surface area (TPSA) is 61.2 Å². The van der Waals surface area contributed by atoms with Gasteiger partial charge in [0.05, 0.1) is 12.3 Å². The molecule has 0 spiro atoms. The first kappa shape index (κ1) is 21.8. The van der Waals surface area contributed by atoms with Crippen LogP contribution < -0.4 is 0 Å². The maximum atomic E-state index is 13.2. The highest BCUT2D eigenvalue weighted by molar-refractivity contribution is 7.84. The molecule has 30 heavy (non-hydrogen) atoms. The molecule has 1 atom stereocenters. The van der Waals surface area contributed by atoms with Crippen LogP contribution in [0.15, 0.2) is 59.5 Å². The van der Waals surface area contributed by atoms with E-state index in [0.717, 1.165) is 21.9 Å². The third-order valence-corrected chi connectivity index (χ3v) is 5.25. The van der Waals surface area contributed by atoms with Gasteiger partial charge < -0.3 is 4.74 Å². The summed E-state index contributed by atoms with van der Waals surface area (Å²) in [5.74, 6) is -0.670. The van der Waals surface area contributed by atoms with Crippen LogP contribution in [0.4, 0.5) is 13.2 Å². The van der Waals surface area contributed by atoms with Gasteiger partial charge in [0.1, 0.15) is 6.54 Å². The summed E-state index contributed by atoms with van der Waals surface area (Å²) in [7, 11) is -1.13. The van der Waals surface area contributed by atoms with E-state index in [0.29, 0.717) is 10.5 Å². The third-order valence-electron chi connectivity index (χ3n) is 4.33. The van der Waals surface area contributed by atoms with E-state index in [4.69, 9.17) is 4.74 Å². The molecule has 5 nitrogen and oxygen atoms in total. The minimum atomic E-state index is -4.63. The summed E-state index contributed by atoms with van der Waals surface area (Å²) in [6.07, 6.45) is -3.05. The maximum absolute atomic E-state index is 13.2. The number of carbonyl (C=O) groups excluding carboxylic acids is 1. The Morgan fingerprint density at radius 2 is 1.73 bits per heavy atom. The molecule has 158 valence electrons. The van der Waals surface area contributed by atoms with Crippen LogP contribution in [0, 0.1) is 0 Å². The minimum Gasteiger partial charge on any atom is -0.465 e. The first-order chi connectivity index (χ1) is 14.2. The summed E-state index contributed by atoms with van der Waals surface area (Å²) >= 11 is 0. The number of esters is 1. The van der Waals surface area contributed by atoms with Gasteiger partial charge in [0.15, 0.2) is 5.69 Å². The van der Waals surface area contributed by atoms with Crippen LogP contribution in [-0.4, -0.2) is 32.8 Å². The second-order valence-corrected chi connectivity index (χ2v) is 7.81. The lowest BCUT2D eigenvalue weighted by Crippen LogP contribution is -2.16. The number of hydrogen-bond donors (Lipinski definition) is 0. The van der Waals surface area contributed by atoms with Crippen molar-refractivity contribution in [3.8, 4) is 22.4 Å². The fraction of sp³-hybridized carbons (Fsp3) is 0.238. The van der Waals surface area contributed by atoms with E-state index >= 15 is 0 Å². The van der Waals surface area contributed by atoms with Crippen molar-refractivity contribution in [1.29, 1.82) is 0 Å². The predicted octanol–water partition coefficient (Wildman–Crippen LogP) is 4.54. The van der Waals surface area contributed by atoms with E-state index in [1.165, 1.54) is 0 Å². The van der Waals surface area contributed by atoms with Gasteiger partial charge in [-0.25, -0.2) is 0 Å². The van der Waals surface area contributed by atoms with Crippen molar-refractivity contribution in [3.63, 3.8) is 0 Å². The zero-order chi connectivity index (χ0) is 21.9. The highest BCUT2D eigenvalue weighted by atomic mass is 32.2. The normalized spacial score (nSPS) is 12.6. The van der Waals surface area contributed by atoms with E-state index < -0.39 is 35.2 Å². The Morgan fingerprint density at radius 1 is 1.07 bits per heavy atom. The fourth-order valence-electron chi connectivity index (χ4n) is 2.93. The molecule has 0 N–H and O–H groups in total. The second-order valence-electron chi connectivity index (χ2n) is 6.43. The van der Waals surface area contributed by atoms with E-state index in [1.807, 2.05) is 6.07 Å². The van der Waals surface area contributed by atoms with Gasteiger partial charge in [-0.3, -0.25) is 13.7 Å². The quantitative estimate of drug-likeness (QED) is 0.533. The summed E-state index contributed by atoms with van der Waals surface area (Å²) in [4.78, 5) is 12.5. The number of rotatable bonds is 6. The number of ether oxygens (including phenoxy) is 1. The molecule has 0 saturated carbocycles. The molecule has 1 unspecified atom stereocenters. The van der Waals surface area contributed by atoms with Crippen molar-refractivity contribution in [3.05, 3.63) is 60.3 Å². The molecular weight excluding hydrogens is 417 g/mol. The monoisotopic (exact) mass is 436 g/mol. The van der Waals surface area contributed by atoms with Gasteiger partial charge in [0.2, 0.25) is 0 Å². The molecule has 2 aromatic carbocycles. The summed E-state index contributed by atoms with van der Waals surface area (Å²) < 4.78 is 57.0. The Hall–Kier alpha value is -2.94. The first-order valence-corrected chi connectivity index (χ1v) is 10.6. The highest BCUT2D eigenvalue weighted by Crippen LogP contribution is 2.33. The van der Waals surface area contributed by atoms with Crippen molar-refractivity contribution in [1.82, 2.24) is 9.78 Å². The summed E-state index contributed by atoms with van der Waals surface area (Å²) in [6, 6.07) is 15.0. The van der Waals surface area contributed by atoms with E-state index in [9.17, 15) is 22.2 Å². The van der Waals surface area contributed by atoms with Crippen LogP contribution in [0.2, 0.25) is 0 Å². The lowest BCUT2D eigenvalue weighted by Gasteiger charge is -2.09. The summed E-state index contributed by atoms with van der Waals surface area (Å²) in [6.45, 7) is 1.31. The molecule has 0 saturated heterocycles. The highest BCUT2D eigenvalue weighted by Gasteiger charge is 2.35. The predicted molar refractivity (Wildman–Crippen MR) is 107 cm³/mol. The molecule has 0 aliphatic heterocycles. The van der Waals surface area contributed by atoms with Gasteiger partial charge in [0.25, 0.3) is 0 Å².